The Morgan fingerprint density at radius 1 is 0.767 bits per heavy atom. The second kappa shape index (κ2) is 8.53. The number of Topliss-reactive ketones (excluding diaryl/α,β-unsaturated/α-hetero) is 1. The second-order valence-electron chi connectivity index (χ2n) is 6.64. The Hall–Kier alpha value is -4.06. The second-order valence-corrected chi connectivity index (χ2v) is 6.64. The van der Waals surface area contributed by atoms with Gasteiger partial charge < -0.3 is 9.15 Å². The molecule has 3 aromatic carbocycles. The first kappa shape index (κ1) is 19.3. The van der Waals surface area contributed by atoms with E-state index < -0.39 is 12.1 Å². The minimum absolute atomic E-state index is 0.260. The predicted molar refractivity (Wildman–Crippen MR) is 111 cm³/mol. The monoisotopic (exact) mass is 398 g/mol. The molecule has 0 aliphatic carbocycles. The lowest BCUT2D eigenvalue weighted by molar-refractivity contribution is 0.0319. The van der Waals surface area contributed by atoms with Crippen molar-refractivity contribution in [2.24, 2.45) is 0 Å². The van der Waals surface area contributed by atoms with E-state index in [0.717, 1.165) is 5.56 Å². The van der Waals surface area contributed by atoms with Gasteiger partial charge in [0.25, 0.3) is 0 Å². The van der Waals surface area contributed by atoms with Gasteiger partial charge >= 0.3 is 5.97 Å². The van der Waals surface area contributed by atoms with Crippen LogP contribution in [0, 0.1) is 0 Å². The van der Waals surface area contributed by atoms with E-state index in [0.29, 0.717) is 22.6 Å². The molecule has 4 rings (SSSR count). The van der Waals surface area contributed by atoms with Crippen molar-refractivity contribution < 1.29 is 18.7 Å². The zero-order valence-electron chi connectivity index (χ0n) is 16.2. The van der Waals surface area contributed by atoms with E-state index in [1.807, 2.05) is 36.4 Å². The Morgan fingerprint density at radius 2 is 1.33 bits per heavy atom. The Balaban J connectivity index is 1.50. The van der Waals surface area contributed by atoms with Crippen molar-refractivity contribution in [3.63, 3.8) is 0 Å². The van der Waals surface area contributed by atoms with Gasteiger partial charge in [0.2, 0.25) is 17.6 Å². The summed E-state index contributed by atoms with van der Waals surface area (Å²) in [5, 5.41) is 8.13. The number of esters is 1. The average Bonchev–Trinajstić information content (AvgIpc) is 3.30. The van der Waals surface area contributed by atoms with Crippen molar-refractivity contribution in [3.05, 3.63) is 96.1 Å². The van der Waals surface area contributed by atoms with E-state index in [9.17, 15) is 9.59 Å². The molecule has 6 nitrogen and oxygen atoms in total. The Kier molecular flexibility index (Phi) is 5.48. The Morgan fingerprint density at radius 3 is 2.03 bits per heavy atom. The maximum absolute atomic E-state index is 12.6. The van der Waals surface area contributed by atoms with Crippen LogP contribution in [0.2, 0.25) is 0 Å². The summed E-state index contributed by atoms with van der Waals surface area (Å²) in [5.41, 5.74) is 2.17. The molecule has 0 saturated carbocycles. The molecule has 0 unspecified atom stereocenters. The zero-order chi connectivity index (χ0) is 20.9. The summed E-state index contributed by atoms with van der Waals surface area (Å²) >= 11 is 0. The van der Waals surface area contributed by atoms with E-state index >= 15 is 0 Å². The number of ketones is 1. The van der Waals surface area contributed by atoms with Gasteiger partial charge in [0.05, 0.1) is 5.56 Å². The lowest BCUT2D eigenvalue weighted by Crippen LogP contribution is -2.24. The topological polar surface area (TPSA) is 82.3 Å². The van der Waals surface area contributed by atoms with Crippen LogP contribution in [0.15, 0.2) is 89.3 Å². The van der Waals surface area contributed by atoms with Crippen LogP contribution in [0.3, 0.4) is 0 Å². The first-order chi connectivity index (χ1) is 14.6. The lowest BCUT2D eigenvalue weighted by atomic mass is 10.1. The van der Waals surface area contributed by atoms with E-state index in [4.69, 9.17) is 9.15 Å². The summed E-state index contributed by atoms with van der Waals surface area (Å²) in [6.45, 7) is 1.56. The fourth-order valence-electron chi connectivity index (χ4n) is 2.94. The number of nitrogens with zero attached hydrogens (tertiary/aromatic N) is 2. The number of carbonyl (C=O) groups is 2. The van der Waals surface area contributed by atoms with Crippen molar-refractivity contribution >= 4 is 11.8 Å². The highest BCUT2D eigenvalue weighted by Gasteiger charge is 2.21. The van der Waals surface area contributed by atoms with Crippen LogP contribution in [-0.4, -0.2) is 28.1 Å². The maximum Gasteiger partial charge on any atom is 0.338 e. The molecule has 148 valence electrons. The van der Waals surface area contributed by atoms with Gasteiger partial charge in [0.15, 0.2) is 6.10 Å². The molecular formula is C24H18N2O4. The van der Waals surface area contributed by atoms with Crippen LogP contribution < -0.4 is 0 Å². The van der Waals surface area contributed by atoms with Crippen molar-refractivity contribution in [2.45, 2.75) is 13.0 Å². The van der Waals surface area contributed by atoms with E-state index in [1.165, 1.54) is 0 Å². The van der Waals surface area contributed by atoms with Gasteiger partial charge in [-0.1, -0.05) is 54.6 Å². The third-order valence-corrected chi connectivity index (χ3v) is 4.50. The molecule has 0 saturated heterocycles. The average molecular weight is 398 g/mol. The predicted octanol–water partition coefficient (Wildman–Crippen LogP) is 4.83. The molecule has 0 N–H and O–H groups in total. The van der Waals surface area contributed by atoms with Crippen molar-refractivity contribution in [3.8, 4) is 22.9 Å². The summed E-state index contributed by atoms with van der Waals surface area (Å²) < 4.78 is 11.1. The quantitative estimate of drug-likeness (QED) is 0.342. The molecule has 6 heteroatoms. The SMILES string of the molecule is C[C@@H](OC(=O)c1cccc(-c2nnc(-c3ccccc3)o2)c1)C(=O)c1ccccc1. The number of aromatic nitrogens is 2. The van der Waals surface area contributed by atoms with Gasteiger partial charge in [0.1, 0.15) is 0 Å². The van der Waals surface area contributed by atoms with Crippen LogP contribution >= 0.6 is 0 Å². The third kappa shape index (κ3) is 4.17. The lowest BCUT2D eigenvalue weighted by Gasteiger charge is -2.12. The van der Waals surface area contributed by atoms with E-state index in [1.54, 1.807) is 55.5 Å². The van der Waals surface area contributed by atoms with Gasteiger partial charge in [-0.25, -0.2) is 4.79 Å². The number of hydrogen-bond acceptors (Lipinski definition) is 6. The minimum atomic E-state index is -0.906. The highest BCUT2D eigenvalue weighted by molar-refractivity contribution is 6.01. The zero-order valence-corrected chi connectivity index (χ0v) is 16.2. The Bertz CT molecular complexity index is 1170. The highest BCUT2D eigenvalue weighted by Crippen LogP contribution is 2.24. The molecular weight excluding hydrogens is 380 g/mol. The molecule has 0 aliphatic rings. The molecule has 30 heavy (non-hydrogen) atoms. The summed E-state index contributed by atoms with van der Waals surface area (Å²) in [7, 11) is 0. The van der Waals surface area contributed by atoms with Gasteiger partial charge in [-0.3, -0.25) is 4.79 Å². The van der Waals surface area contributed by atoms with Gasteiger partial charge in [-0.15, -0.1) is 10.2 Å². The summed E-state index contributed by atoms with van der Waals surface area (Å²) in [6.07, 6.45) is -0.906. The molecule has 0 radical (unpaired) electrons. The standard InChI is InChI=1S/C24H18N2O4/c1-16(21(27)17-9-4-2-5-10-17)29-24(28)20-14-8-13-19(15-20)23-26-25-22(30-23)18-11-6-3-7-12-18/h2-16H,1H3/t16-/m1/s1. The van der Waals surface area contributed by atoms with Gasteiger partial charge in [0, 0.05) is 16.7 Å². The Labute approximate surface area is 173 Å². The smallest absolute Gasteiger partial charge is 0.338 e. The van der Waals surface area contributed by atoms with Crippen molar-refractivity contribution in [1.82, 2.24) is 10.2 Å². The molecule has 1 atom stereocenters. The normalized spacial score (nSPS) is 11.6. The summed E-state index contributed by atoms with van der Waals surface area (Å²) in [6, 6.07) is 24.8. The fraction of sp³-hybridized carbons (Fsp3) is 0.0833. The number of carbonyl (C=O) groups excluding carboxylic acids is 2. The molecule has 0 spiro atoms. The largest absolute Gasteiger partial charge is 0.451 e. The highest BCUT2D eigenvalue weighted by atomic mass is 16.5. The molecule has 0 bridgehead atoms. The summed E-state index contributed by atoms with van der Waals surface area (Å²) in [4.78, 5) is 25.0. The molecule has 0 amide bonds. The minimum Gasteiger partial charge on any atom is -0.451 e. The fourth-order valence-corrected chi connectivity index (χ4v) is 2.94. The van der Waals surface area contributed by atoms with E-state index in [2.05, 4.69) is 10.2 Å². The van der Waals surface area contributed by atoms with Crippen molar-refractivity contribution in [1.29, 1.82) is 0 Å². The van der Waals surface area contributed by atoms with Crippen LogP contribution in [0.25, 0.3) is 22.9 Å². The number of ether oxygens (including phenoxy) is 1. The van der Waals surface area contributed by atoms with Crippen molar-refractivity contribution in [2.75, 3.05) is 0 Å². The molecule has 0 aliphatic heterocycles. The third-order valence-electron chi connectivity index (χ3n) is 4.50. The maximum atomic E-state index is 12.6. The number of hydrogen-bond donors (Lipinski definition) is 0. The van der Waals surface area contributed by atoms with E-state index in [-0.39, 0.29) is 11.7 Å². The van der Waals surface area contributed by atoms with Gasteiger partial charge in [-0.2, -0.15) is 0 Å². The van der Waals surface area contributed by atoms with Crippen LogP contribution in [-0.2, 0) is 4.74 Å². The van der Waals surface area contributed by atoms with Gasteiger partial charge in [-0.05, 0) is 37.3 Å². The number of rotatable bonds is 6. The molecule has 1 aromatic heterocycles. The molecule has 4 aromatic rings. The van der Waals surface area contributed by atoms with Crippen LogP contribution in [0.4, 0.5) is 0 Å². The first-order valence-electron chi connectivity index (χ1n) is 9.41. The molecule has 1 heterocycles. The van der Waals surface area contributed by atoms with Crippen LogP contribution in [0.1, 0.15) is 27.6 Å². The summed E-state index contributed by atoms with van der Waals surface area (Å²) in [5.74, 6) is -0.182. The van der Waals surface area contributed by atoms with Crippen LogP contribution in [0.5, 0.6) is 0 Å². The molecule has 0 fully saturated rings. The number of benzene rings is 3. The first-order valence-corrected chi connectivity index (χ1v) is 9.41.